The predicted octanol–water partition coefficient (Wildman–Crippen LogP) is 1.35. The van der Waals surface area contributed by atoms with Crippen LogP contribution in [0.15, 0.2) is 18.2 Å². The lowest BCUT2D eigenvalue weighted by Crippen LogP contribution is -2.51. The minimum atomic E-state index is -0.246. The second-order valence-electron chi connectivity index (χ2n) is 6.55. The van der Waals surface area contributed by atoms with Gasteiger partial charge in [0.15, 0.2) is 0 Å². The Kier molecular flexibility index (Phi) is 4.32. The number of amides is 2. The monoisotopic (exact) mass is 289 g/mol. The van der Waals surface area contributed by atoms with Gasteiger partial charge in [-0.15, -0.1) is 0 Å². The molecule has 0 radical (unpaired) electrons. The molecule has 0 bridgehead atoms. The third-order valence-electron chi connectivity index (χ3n) is 3.37. The maximum Gasteiger partial charge on any atom is 0.246 e. The Morgan fingerprint density at radius 1 is 1.19 bits per heavy atom. The molecule has 1 saturated heterocycles. The maximum absolute atomic E-state index is 11.5. The van der Waals surface area contributed by atoms with Gasteiger partial charge in [0, 0.05) is 17.8 Å². The van der Waals surface area contributed by atoms with Gasteiger partial charge in [0.25, 0.3) is 0 Å². The van der Waals surface area contributed by atoms with Crippen molar-refractivity contribution in [1.29, 1.82) is 0 Å². The molecule has 21 heavy (non-hydrogen) atoms. The molecule has 1 aromatic rings. The van der Waals surface area contributed by atoms with Crippen LogP contribution in [0.3, 0.4) is 0 Å². The van der Waals surface area contributed by atoms with Crippen LogP contribution < -0.4 is 15.5 Å². The van der Waals surface area contributed by atoms with Crippen LogP contribution in [0.5, 0.6) is 0 Å². The molecule has 1 aliphatic rings. The lowest BCUT2D eigenvalue weighted by molar-refractivity contribution is -0.130. The van der Waals surface area contributed by atoms with Crippen LogP contribution in [0.2, 0.25) is 0 Å². The van der Waals surface area contributed by atoms with Gasteiger partial charge in [0.05, 0.1) is 13.1 Å². The number of carbonyl (C=O) groups excluding carboxylic acids is 2. The second-order valence-corrected chi connectivity index (χ2v) is 6.55. The number of nitrogens with zero attached hydrogens (tertiary/aromatic N) is 1. The van der Waals surface area contributed by atoms with Gasteiger partial charge < -0.3 is 10.2 Å². The van der Waals surface area contributed by atoms with Crippen LogP contribution in [0.25, 0.3) is 0 Å². The number of carbonyl (C=O) groups is 2. The molecule has 1 aliphatic heterocycles. The molecule has 2 amide bonds. The van der Waals surface area contributed by atoms with E-state index < -0.39 is 0 Å². The molecule has 1 heterocycles. The second kappa shape index (κ2) is 5.85. The summed E-state index contributed by atoms with van der Waals surface area (Å²) in [6, 6.07) is 6.13. The lowest BCUT2D eigenvalue weighted by atomic mass is 10.1. The van der Waals surface area contributed by atoms with E-state index in [0.717, 1.165) is 17.8 Å². The van der Waals surface area contributed by atoms with Crippen molar-refractivity contribution in [3.8, 4) is 0 Å². The van der Waals surface area contributed by atoms with Gasteiger partial charge in [-0.2, -0.15) is 0 Å². The molecular weight excluding hydrogens is 266 g/mol. The molecule has 0 unspecified atom stereocenters. The van der Waals surface area contributed by atoms with Crippen molar-refractivity contribution in [2.24, 2.45) is 0 Å². The number of hydrogen-bond donors (Lipinski definition) is 2. The van der Waals surface area contributed by atoms with E-state index in [9.17, 15) is 9.59 Å². The van der Waals surface area contributed by atoms with E-state index in [0.29, 0.717) is 0 Å². The number of rotatable bonds is 3. The van der Waals surface area contributed by atoms with Crippen LogP contribution in [-0.2, 0) is 16.1 Å². The first-order chi connectivity index (χ1) is 9.74. The summed E-state index contributed by atoms with van der Waals surface area (Å²) in [5.74, 6) is -0.492. The number of benzene rings is 1. The number of nitrogens with one attached hydrogen (secondary N) is 2. The van der Waals surface area contributed by atoms with Crippen LogP contribution in [-0.4, -0.2) is 30.4 Å². The number of anilines is 1. The highest BCUT2D eigenvalue weighted by Gasteiger charge is 2.23. The molecule has 1 aromatic carbocycles. The highest BCUT2D eigenvalue weighted by molar-refractivity contribution is 6.02. The molecule has 0 aliphatic carbocycles. The molecule has 0 atom stereocenters. The van der Waals surface area contributed by atoms with Gasteiger partial charge in [-0.25, -0.2) is 0 Å². The van der Waals surface area contributed by atoms with Crippen molar-refractivity contribution >= 4 is 17.5 Å². The number of imide groups is 1. The Labute approximate surface area is 125 Å². The number of aryl methyl sites for hydroxylation is 1. The summed E-state index contributed by atoms with van der Waals surface area (Å²) in [6.07, 6.45) is 0. The molecule has 1 fully saturated rings. The fourth-order valence-corrected chi connectivity index (χ4v) is 2.36. The van der Waals surface area contributed by atoms with E-state index in [1.165, 1.54) is 5.56 Å². The van der Waals surface area contributed by atoms with E-state index in [1.54, 1.807) is 0 Å². The van der Waals surface area contributed by atoms with Crippen LogP contribution in [0.1, 0.15) is 31.9 Å². The zero-order valence-corrected chi connectivity index (χ0v) is 13.1. The highest BCUT2D eigenvalue weighted by Crippen LogP contribution is 2.22. The summed E-state index contributed by atoms with van der Waals surface area (Å²) in [7, 11) is 0. The van der Waals surface area contributed by atoms with Gasteiger partial charge in [0.1, 0.15) is 0 Å². The van der Waals surface area contributed by atoms with Crippen molar-refractivity contribution < 1.29 is 9.59 Å². The van der Waals surface area contributed by atoms with Gasteiger partial charge in [-0.1, -0.05) is 12.1 Å². The summed E-state index contributed by atoms with van der Waals surface area (Å²) in [5, 5.41) is 5.76. The Morgan fingerprint density at radius 2 is 1.81 bits per heavy atom. The van der Waals surface area contributed by atoms with Crippen molar-refractivity contribution in [1.82, 2.24) is 10.6 Å². The first-order valence-corrected chi connectivity index (χ1v) is 7.17. The third kappa shape index (κ3) is 4.29. The standard InChI is InChI=1S/C16H23N3O2/c1-11-7-12(8-17-16(2,3)4)5-6-13(11)19-9-14(20)18-15(21)10-19/h5-7,17H,8-10H2,1-4H3,(H,18,20,21). The molecular formula is C16H23N3O2. The molecule has 5 nitrogen and oxygen atoms in total. The largest absolute Gasteiger partial charge is 0.353 e. The number of hydrogen-bond acceptors (Lipinski definition) is 4. The van der Waals surface area contributed by atoms with E-state index >= 15 is 0 Å². The van der Waals surface area contributed by atoms with Crippen molar-refractivity contribution in [3.05, 3.63) is 29.3 Å². The molecule has 0 saturated carbocycles. The van der Waals surface area contributed by atoms with E-state index in [4.69, 9.17) is 0 Å². The highest BCUT2D eigenvalue weighted by atomic mass is 16.2. The van der Waals surface area contributed by atoms with Gasteiger partial charge >= 0.3 is 0 Å². The average Bonchev–Trinajstić information content (AvgIpc) is 2.34. The van der Waals surface area contributed by atoms with E-state index in [2.05, 4.69) is 37.5 Å². The zero-order chi connectivity index (χ0) is 15.6. The van der Waals surface area contributed by atoms with Crippen LogP contribution in [0.4, 0.5) is 5.69 Å². The topological polar surface area (TPSA) is 61.4 Å². The molecule has 5 heteroatoms. The normalized spacial score (nSPS) is 16.1. The Morgan fingerprint density at radius 3 is 2.33 bits per heavy atom. The SMILES string of the molecule is Cc1cc(CNC(C)(C)C)ccc1N1CC(=O)NC(=O)C1. The van der Waals surface area contributed by atoms with E-state index in [-0.39, 0.29) is 30.4 Å². The van der Waals surface area contributed by atoms with Crippen LogP contribution >= 0.6 is 0 Å². The summed E-state index contributed by atoms with van der Waals surface area (Å²) in [6.45, 7) is 9.65. The maximum atomic E-state index is 11.5. The van der Waals surface area contributed by atoms with E-state index in [1.807, 2.05) is 24.0 Å². The summed E-state index contributed by atoms with van der Waals surface area (Å²) in [5.41, 5.74) is 3.28. The molecule has 0 spiro atoms. The molecule has 2 N–H and O–H groups in total. The molecule has 2 rings (SSSR count). The number of piperazine rings is 1. The first kappa shape index (κ1) is 15.5. The minimum Gasteiger partial charge on any atom is -0.353 e. The van der Waals surface area contributed by atoms with Crippen molar-refractivity contribution in [2.75, 3.05) is 18.0 Å². The fraction of sp³-hybridized carbons (Fsp3) is 0.500. The Bertz CT molecular complexity index is 545. The van der Waals surface area contributed by atoms with Crippen LogP contribution in [0, 0.1) is 6.92 Å². The Hall–Kier alpha value is -1.88. The van der Waals surface area contributed by atoms with Gasteiger partial charge in [-0.3, -0.25) is 14.9 Å². The summed E-state index contributed by atoms with van der Waals surface area (Å²) < 4.78 is 0. The minimum absolute atomic E-state index is 0.0734. The predicted molar refractivity (Wildman–Crippen MR) is 83.1 cm³/mol. The fourth-order valence-electron chi connectivity index (χ4n) is 2.36. The Balaban J connectivity index is 2.12. The average molecular weight is 289 g/mol. The third-order valence-corrected chi connectivity index (χ3v) is 3.37. The van der Waals surface area contributed by atoms with Crippen molar-refractivity contribution in [2.45, 2.75) is 39.8 Å². The first-order valence-electron chi connectivity index (χ1n) is 7.17. The smallest absolute Gasteiger partial charge is 0.246 e. The quantitative estimate of drug-likeness (QED) is 0.825. The molecule has 114 valence electrons. The van der Waals surface area contributed by atoms with Crippen molar-refractivity contribution in [3.63, 3.8) is 0 Å². The zero-order valence-electron chi connectivity index (χ0n) is 13.1. The summed E-state index contributed by atoms with van der Waals surface area (Å²) >= 11 is 0. The lowest BCUT2D eigenvalue weighted by Gasteiger charge is -2.29. The summed E-state index contributed by atoms with van der Waals surface area (Å²) in [4.78, 5) is 24.7. The van der Waals surface area contributed by atoms with Gasteiger partial charge in [0.2, 0.25) is 11.8 Å². The van der Waals surface area contributed by atoms with Gasteiger partial charge in [-0.05, 0) is 44.9 Å². The molecule has 0 aromatic heterocycles.